The number of hydrogen-bond donors (Lipinski definition) is 0. The van der Waals surface area contributed by atoms with Crippen molar-refractivity contribution in [2.75, 3.05) is 18.6 Å². The van der Waals surface area contributed by atoms with Gasteiger partial charge in [0.15, 0.2) is 0 Å². The molecule has 0 saturated carbocycles. The van der Waals surface area contributed by atoms with Crippen LogP contribution in [0.25, 0.3) is 0 Å². The average molecular weight is 259 g/mol. The number of fused-ring (bicyclic) bond motifs is 1. The Hall–Kier alpha value is -2.44. The van der Waals surface area contributed by atoms with Gasteiger partial charge in [0, 0.05) is 31.7 Å². The van der Waals surface area contributed by atoms with Gasteiger partial charge in [0.1, 0.15) is 23.5 Å². The Morgan fingerprint density at radius 3 is 3.11 bits per heavy atom. The minimum Gasteiger partial charge on any atom is -0.465 e. The predicted octanol–water partition coefficient (Wildman–Crippen LogP) is 0.480. The van der Waals surface area contributed by atoms with Crippen LogP contribution in [-0.2, 0) is 17.8 Å². The summed E-state index contributed by atoms with van der Waals surface area (Å²) in [7, 11) is 1.35. The zero-order valence-electron chi connectivity index (χ0n) is 10.5. The molecular formula is C12H13N5O2. The van der Waals surface area contributed by atoms with Crippen molar-refractivity contribution in [3.63, 3.8) is 0 Å². The average Bonchev–Trinajstić information content (AvgIpc) is 2.93. The monoisotopic (exact) mass is 259 g/mol. The van der Waals surface area contributed by atoms with E-state index in [4.69, 9.17) is 4.74 Å². The molecule has 1 aliphatic heterocycles. The molecule has 98 valence electrons. The summed E-state index contributed by atoms with van der Waals surface area (Å²) in [6, 6.07) is 0. The lowest BCUT2D eigenvalue weighted by Crippen LogP contribution is -2.35. The van der Waals surface area contributed by atoms with Gasteiger partial charge < -0.3 is 14.2 Å². The number of aromatic nitrogens is 4. The summed E-state index contributed by atoms with van der Waals surface area (Å²) >= 11 is 0. The molecule has 0 saturated heterocycles. The number of carbonyl (C=O) groups is 1. The Morgan fingerprint density at radius 2 is 2.26 bits per heavy atom. The van der Waals surface area contributed by atoms with Crippen molar-refractivity contribution in [1.82, 2.24) is 19.5 Å². The van der Waals surface area contributed by atoms with Crippen LogP contribution in [0.5, 0.6) is 0 Å². The Bertz CT molecular complexity index is 610. The molecule has 7 heteroatoms. The first-order valence-electron chi connectivity index (χ1n) is 5.93. The van der Waals surface area contributed by atoms with Gasteiger partial charge in [-0.25, -0.2) is 19.7 Å². The van der Waals surface area contributed by atoms with E-state index in [1.165, 1.54) is 19.6 Å². The molecule has 0 fully saturated rings. The minimum atomic E-state index is -0.426. The lowest BCUT2D eigenvalue weighted by molar-refractivity contribution is 0.0600. The van der Waals surface area contributed by atoms with Crippen LogP contribution >= 0.6 is 0 Å². The quantitative estimate of drug-likeness (QED) is 0.730. The summed E-state index contributed by atoms with van der Waals surface area (Å²) in [6.45, 7) is 2.21. The lowest BCUT2D eigenvalue weighted by atomic mass is 10.2. The topological polar surface area (TPSA) is 73.1 Å². The first-order valence-corrected chi connectivity index (χ1v) is 5.93. The number of rotatable bonds is 2. The standard InChI is InChI=1S/C12H13N5O2/c1-19-12(18)9-6-13-8-15-11(9)17-5-4-16-3-2-14-10(16)7-17/h2-3,6,8H,4-5,7H2,1H3. The van der Waals surface area contributed by atoms with E-state index in [1.807, 2.05) is 11.1 Å². The number of anilines is 1. The van der Waals surface area contributed by atoms with Crippen LogP contribution in [0.15, 0.2) is 24.9 Å². The molecule has 1 aliphatic rings. The maximum absolute atomic E-state index is 11.7. The second kappa shape index (κ2) is 4.68. The van der Waals surface area contributed by atoms with E-state index in [2.05, 4.69) is 19.5 Å². The smallest absolute Gasteiger partial charge is 0.343 e. The zero-order valence-corrected chi connectivity index (χ0v) is 10.5. The number of ether oxygens (including phenoxy) is 1. The lowest BCUT2D eigenvalue weighted by Gasteiger charge is -2.29. The highest BCUT2D eigenvalue weighted by atomic mass is 16.5. The Balaban J connectivity index is 1.94. The van der Waals surface area contributed by atoms with Crippen molar-refractivity contribution in [2.45, 2.75) is 13.1 Å². The molecule has 7 nitrogen and oxygen atoms in total. The molecule has 3 heterocycles. The van der Waals surface area contributed by atoms with Crippen molar-refractivity contribution in [3.05, 3.63) is 36.3 Å². The van der Waals surface area contributed by atoms with Gasteiger partial charge in [-0.1, -0.05) is 0 Å². The normalized spacial score (nSPS) is 14.1. The van der Waals surface area contributed by atoms with Crippen molar-refractivity contribution >= 4 is 11.8 Å². The van der Waals surface area contributed by atoms with Gasteiger partial charge in [-0.15, -0.1) is 0 Å². The first kappa shape index (κ1) is 11.6. The predicted molar refractivity (Wildman–Crippen MR) is 66.6 cm³/mol. The van der Waals surface area contributed by atoms with E-state index in [-0.39, 0.29) is 0 Å². The number of esters is 1. The molecule has 0 bridgehead atoms. The maximum Gasteiger partial charge on any atom is 0.343 e. The van der Waals surface area contributed by atoms with E-state index < -0.39 is 5.97 Å². The fourth-order valence-corrected chi connectivity index (χ4v) is 2.18. The van der Waals surface area contributed by atoms with E-state index in [0.717, 1.165) is 18.9 Å². The van der Waals surface area contributed by atoms with Crippen molar-refractivity contribution in [2.24, 2.45) is 0 Å². The van der Waals surface area contributed by atoms with E-state index in [0.29, 0.717) is 17.9 Å². The third-order valence-electron chi connectivity index (χ3n) is 3.14. The molecule has 19 heavy (non-hydrogen) atoms. The summed E-state index contributed by atoms with van der Waals surface area (Å²) in [5.41, 5.74) is 0.380. The van der Waals surface area contributed by atoms with Crippen molar-refractivity contribution < 1.29 is 9.53 Å². The van der Waals surface area contributed by atoms with Crippen LogP contribution in [0.2, 0.25) is 0 Å². The highest BCUT2D eigenvalue weighted by Crippen LogP contribution is 2.21. The molecule has 0 atom stereocenters. The van der Waals surface area contributed by atoms with Crippen LogP contribution in [0.1, 0.15) is 16.2 Å². The highest BCUT2D eigenvalue weighted by molar-refractivity contribution is 5.94. The van der Waals surface area contributed by atoms with E-state index >= 15 is 0 Å². The molecule has 2 aromatic heterocycles. The van der Waals surface area contributed by atoms with Gasteiger partial charge in [0.2, 0.25) is 0 Å². The van der Waals surface area contributed by atoms with Crippen LogP contribution in [0.3, 0.4) is 0 Å². The van der Waals surface area contributed by atoms with Gasteiger partial charge in [-0.2, -0.15) is 0 Å². The molecule has 0 spiro atoms. The number of imidazole rings is 1. The Labute approximate surface area is 109 Å². The van der Waals surface area contributed by atoms with Crippen molar-refractivity contribution in [3.8, 4) is 0 Å². The van der Waals surface area contributed by atoms with Gasteiger partial charge in [0.25, 0.3) is 0 Å². The summed E-state index contributed by atoms with van der Waals surface area (Å²) in [5.74, 6) is 1.13. The SMILES string of the molecule is COC(=O)c1cncnc1N1CCn2ccnc2C1. The molecule has 0 aromatic carbocycles. The summed E-state index contributed by atoms with van der Waals surface area (Å²) in [4.78, 5) is 26.1. The Kier molecular flexibility index (Phi) is 2.86. The van der Waals surface area contributed by atoms with Crippen LogP contribution in [0, 0.1) is 0 Å². The fourth-order valence-electron chi connectivity index (χ4n) is 2.18. The zero-order chi connectivity index (χ0) is 13.2. The number of carbonyl (C=O) groups excluding carboxylic acids is 1. The number of hydrogen-bond acceptors (Lipinski definition) is 6. The first-order chi connectivity index (χ1) is 9.29. The molecular weight excluding hydrogens is 246 g/mol. The third kappa shape index (κ3) is 2.03. The highest BCUT2D eigenvalue weighted by Gasteiger charge is 2.23. The maximum atomic E-state index is 11.7. The molecule has 3 rings (SSSR count). The number of nitrogens with zero attached hydrogens (tertiary/aromatic N) is 5. The van der Waals surface area contributed by atoms with Crippen molar-refractivity contribution in [1.29, 1.82) is 0 Å². The minimum absolute atomic E-state index is 0.380. The second-order valence-electron chi connectivity index (χ2n) is 4.21. The van der Waals surface area contributed by atoms with E-state index in [9.17, 15) is 4.79 Å². The van der Waals surface area contributed by atoms with Gasteiger partial charge >= 0.3 is 5.97 Å². The van der Waals surface area contributed by atoms with Crippen LogP contribution in [0.4, 0.5) is 5.82 Å². The van der Waals surface area contributed by atoms with E-state index in [1.54, 1.807) is 6.20 Å². The van der Waals surface area contributed by atoms with Crippen LogP contribution < -0.4 is 4.90 Å². The van der Waals surface area contributed by atoms with Gasteiger partial charge in [-0.05, 0) is 0 Å². The molecule has 0 amide bonds. The molecule has 0 radical (unpaired) electrons. The second-order valence-corrected chi connectivity index (χ2v) is 4.21. The fraction of sp³-hybridized carbons (Fsp3) is 0.333. The third-order valence-corrected chi connectivity index (χ3v) is 3.14. The van der Waals surface area contributed by atoms with Gasteiger partial charge in [-0.3, -0.25) is 0 Å². The van der Waals surface area contributed by atoms with Gasteiger partial charge in [0.05, 0.1) is 13.7 Å². The molecule has 0 N–H and O–H groups in total. The summed E-state index contributed by atoms with van der Waals surface area (Å²) in [6.07, 6.45) is 6.64. The summed E-state index contributed by atoms with van der Waals surface area (Å²) in [5, 5.41) is 0. The molecule has 2 aromatic rings. The number of methoxy groups -OCH3 is 1. The largest absolute Gasteiger partial charge is 0.465 e. The Morgan fingerprint density at radius 1 is 1.37 bits per heavy atom. The summed E-state index contributed by atoms with van der Waals surface area (Å²) < 4.78 is 6.85. The van der Waals surface area contributed by atoms with Crippen LogP contribution in [-0.4, -0.2) is 39.1 Å². The molecule has 0 aliphatic carbocycles. The molecule has 0 unspecified atom stereocenters.